The second-order valence-electron chi connectivity index (χ2n) is 9.03. The zero-order valence-electron chi connectivity index (χ0n) is 19.1. The maximum absolute atomic E-state index is 12.9. The number of hydrogen-bond acceptors (Lipinski definition) is 5. The maximum Gasteiger partial charge on any atom is 0.416 e. The Bertz CT molecular complexity index is 1000. The second kappa shape index (κ2) is 10.4. The molecule has 9 heteroatoms. The van der Waals surface area contributed by atoms with Crippen LogP contribution in [0.5, 0.6) is 0 Å². The number of carboxylic acids is 1. The van der Waals surface area contributed by atoms with Crippen LogP contribution in [-0.4, -0.2) is 40.4 Å². The van der Waals surface area contributed by atoms with Gasteiger partial charge in [-0.15, -0.1) is 0 Å². The van der Waals surface area contributed by atoms with Gasteiger partial charge in [-0.25, -0.2) is 14.8 Å². The zero-order valence-corrected chi connectivity index (χ0v) is 19.1. The molecule has 2 saturated heterocycles. The van der Waals surface area contributed by atoms with Crippen molar-refractivity contribution in [2.24, 2.45) is 0 Å². The van der Waals surface area contributed by atoms with Crippen LogP contribution in [0.2, 0.25) is 0 Å². The molecule has 3 heterocycles. The molecule has 6 nitrogen and oxygen atoms in total. The predicted octanol–water partition coefficient (Wildman–Crippen LogP) is 5.64. The lowest BCUT2D eigenvalue weighted by Crippen LogP contribution is -2.24. The zero-order chi connectivity index (χ0) is 24.3. The van der Waals surface area contributed by atoms with Gasteiger partial charge in [-0.05, 0) is 69.6 Å². The highest BCUT2D eigenvalue weighted by atomic mass is 19.4. The standard InChI is InChI=1S/C25H29F3N2O4/c1-15-20(29-23(30-22(15)24(31)32)17-11-13-33-14-12-17)10-9-19-3-2-4-21(34-19)16-5-7-18(8-6-16)25(26,27)28/h5-8,17,19,21H,2-4,9-14H2,1H3,(H,31,32)/t19-,21+/m1/s1. The van der Waals surface area contributed by atoms with Crippen molar-refractivity contribution >= 4 is 5.97 Å². The van der Waals surface area contributed by atoms with E-state index in [1.54, 1.807) is 6.92 Å². The predicted molar refractivity (Wildman–Crippen MR) is 118 cm³/mol. The van der Waals surface area contributed by atoms with Crippen molar-refractivity contribution in [1.29, 1.82) is 0 Å². The SMILES string of the molecule is Cc1c(CC[C@H]2CCC[C@@H](c3ccc(C(F)(F)F)cc3)O2)nc(C2CCOCC2)nc1C(=O)O. The number of aryl methyl sites for hydroxylation is 1. The first kappa shape index (κ1) is 24.6. The van der Waals surface area contributed by atoms with E-state index in [-0.39, 0.29) is 23.8 Å². The highest BCUT2D eigenvalue weighted by Crippen LogP contribution is 2.35. The summed E-state index contributed by atoms with van der Waals surface area (Å²) >= 11 is 0. The molecule has 4 rings (SSSR count). The van der Waals surface area contributed by atoms with Crippen LogP contribution in [0.1, 0.15) is 89.2 Å². The fourth-order valence-corrected chi connectivity index (χ4v) is 4.71. The normalized spacial score (nSPS) is 22.0. The molecule has 184 valence electrons. The number of aromatic nitrogens is 2. The van der Waals surface area contributed by atoms with Crippen LogP contribution < -0.4 is 0 Å². The first-order valence-corrected chi connectivity index (χ1v) is 11.7. The molecule has 0 radical (unpaired) electrons. The molecule has 2 aromatic rings. The maximum atomic E-state index is 12.9. The average Bonchev–Trinajstić information content (AvgIpc) is 2.83. The van der Waals surface area contributed by atoms with E-state index < -0.39 is 17.7 Å². The van der Waals surface area contributed by atoms with Gasteiger partial charge in [0.15, 0.2) is 5.69 Å². The van der Waals surface area contributed by atoms with Crippen LogP contribution in [0, 0.1) is 6.92 Å². The van der Waals surface area contributed by atoms with Gasteiger partial charge >= 0.3 is 12.1 Å². The summed E-state index contributed by atoms with van der Waals surface area (Å²) in [5, 5.41) is 9.65. The van der Waals surface area contributed by atoms with Gasteiger partial charge in [-0.1, -0.05) is 12.1 Å². The molecule has 2 aliphatic heterocycles. The Labute approximate surface area is 196 Å². The van der Waals surface area contributed by atoms with Crippen molar-refractivity contribution in [3.8, 4) is 0 Å². The number of rotatable bonds is 6. The smallest absolute Gasteiger partial charge is 0.416 e. The first-order chi connectivity index (χ1) is 16.2. The van der Waals surface area contributed by atoms with E-state index in [0.29, 0.717) is 43.1 Å². The van der Waals surface area contributed by atoms with Crippen molar-refractivity contribution in [1.82, 2.24) is 9.97 Å². The molecule has 2 atom stereocenters. The molecule has 1 aromatic carbocycles. The van der Waals surface area contributed by atoms with Crippen LogP contribution in [0.4, 0.5) is 13.2 Å². The third kappa shape index (κ3) is 5.75. The quantitative estimate of drug-likeness (QED) is 0.579. The topological polar surface area (TPSA) is 81.5 Å². The summed E-state index contributed by atoms with van der Waals surface area (Å²) in [5.74, 6) is -0.416. The lowest BCUT2D eigenvalue weighted by atomic mass is 9.94. The largest absolute Gasteiger partial charge is 0.477 e. The molecule has 34 heavy (non-hydrogen) atoms. The minimum atomic E-state index is -4.36. The second-order valence-corrected chi connectivity index (χ2v) is 9.03. The fraction of sp³-hybridized carbons (Fsp3) is 0.560. The molecule has 0 saturated carbocycles. The number of alkyl halides is 3. The third-order valence-corrected chi connectivity index (χ3v) is 6.72. The Kier molecular flexibility index (Phi) is 7.52. The number of nitrogens with zero attached hydrogens (tertiary/aromatic N) is 2. The molecule has 0 unspecified atom stereocenters. The highest BCUT2D eigenvalue weighted by Gasteiger charge is 2.31. The van der Waals surface area contributed by atoms with Crippen LogP contribution in [0.25, 0.3) is 0 Å². The minimum Gasteiger partial charge on any atom is -0.477 e. The molecule has 0 aliphatic carbocycles. The summed E-state index contributed by atoms with van der Waals surface area (Å²) in [6, 6.07) is 5.17. The number of hydrogen-bond donors (Lipinski definition) is 1. The van der Waals surface area contributed by atoms with Gasteiger partial charge in [-0.2, -0.15) is 13.2 Å². The molecule has 2 aliphatic rings. The minimum absolute atomic E-state index is 0.0404. The Morgan fingerprint density at radius 2 is 1.79 bits per heavy atom. The van der Waals surface area contributed by atoms with Gasteiger partial charge in [-0.3, -0.25) is 0 Å². The van der Waals surface area contributed by atoms with Crippen molar-refractivity contribution in [2.75, 3.05) is 13.2 Å². The van der Waals surface area contributed by atoms with E-state index in [1.807, 2.05) is 0 Å². The first-order valence-electron chi connectivity index (χ1n) is 11.7. The highest BCUT2D eigenvalue weighted by molar-refractivity contribution is 5.87. The van der Waals surface area contributed by atoms with E-state index in [4.69, 9.17) is 14.5 Å². The van der Waals surface area contributed by atoms with Crippen LogP contribution in [-0.2, 0) is 22.1 Å². The lowest BCUT2D eigenvalue weighted by Gasteiger charge is -2.31. The van der Waals surface area contributed by atoms with E-state index in [2.05, 4.69) is 4.98 Å². The fourth-order valence-electron chi connectivity index (χ4n) is 4.71. The summed E-state index contributed by atoms with van der Waals surface area (Å²) < 4.78 is 50.2. The van der Waals surface area contributed by atoms with Crippen molar-refractivity contribution in [2.45, 2.75) is 76.2 Å². The van der Waals surface area contributed by atoms with Gasteiger partial charge in [0.2, 0.25) is 0 Å². The summed E-state index contributed by atoms with van der Waals surface area (Å²) in [6.45, 7) is 2.96. The Hall–Kier alpha value is -2.52. The number of carbonyl (C=O) groups is 1. The summed E-state index contributed by atoms with van der Waals surface area (Å²) in [6.07, 6.45) is 0.566. The van der Waals surface area contributed by atoms with Crippen molar-refractivity contribution in [3.05, 3.63) is 58.2 Å². The van der Waals surface area contributed by atoms with Crippen LogP contribution >= 0.6 is 0 Å². The molecule has 1 N–H and O–H groups in total. The van der Waals surface area contributed by atoms with E-state index >= 15 is 0 Å². The summed E-state index contributed by atoms with van der Waals surface area (Å²) in [4.78, 5) is 20.9. The van der Waals surface area contributed by atoms with Gasteiger partial charge in [0.05, 0.1) is 17.8 Å². The Balaban J connectivity index is 1.45. The van der Waals surface area contributed by atoms with E-state index in [0.717, 1.165) is 49.8 Å². The van der Waals surface area contributed by atoms with Gasteiger partial charge < -0.3 is 14.6 Å². The molecule has 1 aromatic heterocycles. The summed E-state index contributed by atoms with van der Waals surface area (Å²) in [5.41, 5.74) is 1.40. The molecular weight excluding hydrogens is 449 g/mol. The molecule has 0 amide bonds. The Morgan fingerprint density at radius 3 is 2.44 bits per heavy atom. The third-order valence-electron chi connectivity index (χ3n) is 6.72. The number of carboxylic acid groups (broad SMARTS) is 1. The molecule has 2 fully saturated rings. The Morgan fingerprint density at radius 1 is 1.09 bits per heavy atom. The molecule has 0 bridgehead atoms. The van der Waals surface area contributed by atoms with E-state index in [1.165, 1.54) is 12.1 Å². The lowest BCUT2D eigenvalue weighted by molar-refractivity contribution is -0.137. The number of aromatic carboxylic acids is 1. The molecular formula is C25H29F3N2O4. The van der Waals surface area contributed by atoms with Gasteiger partial charge in [0.1, 0.15) is 5.82 Å². The van der Waals surface area contributed by atoms with Gasteiger partial charge in [0.25, 0.3) is 0 Å². The van der Waals surface area contributed by atoms with Crippen LogP contribution in [0.15, 0.2) is 24.3 Å². The van der Waals surface area contributed by atoms with E-state index in [9.17, 15) is 23.1 Å². The number of benzene rings is 1. The monoisotopic (exact) mass is 478 g/mol. The van der Waals surface area contributed by atoms with Crippen molar-refractivity contribution < 1.29 is 32.5 Å². The van der Waals surface area contributed by atoms with Crippen molar-refractivity contribution in [3.63, 3.8) is 0 Å². The summed E-state index contributed by atoms with van der Waals surface area (Å²) in [7, 11) is 0. The van der Waals surface area contributed by atoms with Crippen LogP contribution in [0.3, 0.4) is 0 Å². The molecule has 0 spiro atoms. The average molecular weight is 479 g/mol. The van der Waals surface area contributed by atoms with Gasteiger partial charge in [0, 0.05) is 30.4 Å². The number of halogens is 3. The number of ether oxygens (including phenoxy) is 2.